The summed E-state index contributed by atoms with van der Waals surface area (Å²) in [7, 11) is 2.19. The van der Waals surface area contributed by atoms with Crippen LogP contribution in [0.5, 0.6) is 5.75 Å². The van der Waals surface area contributed by atoms with Crippen LogP contribution in [0.3, 0.4) is 0 Å². The number of nitrogens with zero attached hydrogens (tertiary/aromatic N) is 4. The van der Waals surface area contributed by atoms with Crippen LogP contribution in [-0.4, -0.2) is 50.1 Å². The molecule has 3 N–H and O–H groups in total. The molecule has 2 aromatic rings. The average Bonchev–Trinajstić information content (AvgIpc) is 3.16. The predicted octanol–water partition coefficient (Wildman–Crippen LogP) is 5.27. The van der Waals surface area contributed by atoms with Crippen LogP contribution < -0.4 is 5.32 Å². The number of phenols is 1. The van der Waals surface area contributed by atoms with Crippen LogP contribution in [0.2, 0.25) is 0 Å². The Labute approximate surface area is 208 Å². The molecule has 3 heterocycles. The molecule has 4 rings (SSSR count). The van der Waals surface area contributed by atoms with Gasteiger partial charge < -0.3 is 15.3 Å². The fourth-order valence-electron chi connectivity index (χ4n) is 5.58. The number of aliphatic imine (C=N–C) groups is 1. The lowest BCUT2D eigenvalue weighted by molar-refractivity contribution is 0.0975. The van der Waals surface area contributed by atoms with Crippen LogP contribution >= 0.6 is 0 Å². The van der Waals surface area contributed by atoms with Crippen LogP contribution in [0.25, 0.3) is 11.1 Å². The minimum absolute atomic E-state index is 0.0672. The number of aromatic nitrogens is 2. The highest BCUT2D eigenvalue weighted by molar-refractivity contribution is 6.11. The second-order valence-electron chi connectivity index (χ2n) is 11.0. The number of hydrogen-bond acceptors (Lipinski definition) is 6. The first-order valence-corrected chi connectivity index (χ1v) is 12.3. The van der Waals surface area contributed by atoms with Crippen molar-refractivity contribution in [2.75, 3.05) is 7.05 Å². The first-order valence-electron chi connectivity index (χ1n) is 12.3. The number of H-pyrrole nitrogens is 1. The van der Waals surface area contributed by atoms with E-state index < -0.39 is 0 Å². The van der Waals surface area contributed by atoms with Gasteiger partial charge >= 0.3 is 0 Å². The molecular formula is C28H36N6O. The molecule has 0 saturated carbocycles. The lowest BCUT2D eigenvalue weighted by Gasteiger charge is -2.49. The van der Waals surface area contributed by atoms with Crippen molar-refractivity contribution in [3.8, 4) is 22.9 Å². The Balaban J connectivity index is 1.65. The maximum Gasteiger partial charge on any atom is 0.143 e. The number of hydrogen-bond donors (Lipinski definition) is 3. The zero-order valence-electron chi connectivity index (χ0n) is 21.6. The molecule has 7 heteroatoms. The van der Waals surface area contributed by atoms with Gasteiger partial charge in [0.25, 0.3) is 0 Å². The lowest BCUT2D eigenvalue weighted by Crippen LogP contribution is -2.61. The van der Waals surface area contributed by atoms with Crippen LogP contribution in [-0.2, 0) is 0 Å². The van der Waals surface area contributed by atoms with Gasteiger partial charge in [0.15, 0.2) is 0 Å². The molecule has 35 heavy (non-hydrogen) atoms. The minimum Gasteiger partial charge on any atom is -0.507 e. The van der Waals surface area contributed by atoms with Crippen molar-refractivity contribution in [2.45, 2.75) is 77.4 Å². The van der Waals surface area contributed by atoms with E-state index in [2.05, 4.69) is 74.2 Å². The van der Waals surface area contributed by atoms with Gasteiger partial charge in [-0.1, -0.05) is 18.6 Å². The molecule has 2 aliphatic rings. The van der Waals surface area contributed by atoms with Gasteiger partial charge in [0.05, 0.1) is 11.9 Å². The average molecular weight is 473 g/mol. The molecule has 1 aromatic heterocycles. The molecule has 1 aromatic carbocycles. The van der Waals surface area contributed by atoms with Crippen molar-refractivity contribution in [3.63, 3.8) is 0 Å². The highest BCUT2D eigenvalue weighted by Gasteiger charge is 2.39. The topological polar surface area (TPSA) is 100 Å². The Morgan fingerprint density at radius 3 is 2.51 bits per heavy atom. The highest BCUT2D eigenvalue weighted by atomic mass is 16.3. The van der Waals surface area contributed by atoms with Crippen LogP contribution in [0.1, 0.15) is 71.6 Å². The molecule has 0 spiro atoms. The number of aromatic hydroxyl groups is 1. The molecule has 0 atom stereocenters. The summed E-state index contributed by atoms with van der Waals surface area (Å²) in [5.74, 6) is 0.130. The molecule has 1 saturated heterocycles. The van der Waals surface area contributed by atoms with E-state index in [0.717, 1.165) is 37.0 Å². The molecule has 184 valence electrons. The lowest BCUT2D eigenvalue weighted by atomic mass is 9.79. The van der Waals surface area contributed by atoms with Crippen molar-refractivity contribution in [1.82, 2.24) is 20.4 Å². The third kappa shape index (κ3) is 5.33. The quantitative estimate of drug-likeness (QED) is 0.551. The summed E-state index contributed by atoms with van der Waals surface area (Å²) in [5.41, 5.74) is 5.79. The Morgan fingerprint density at radius 2 is 1.89 bits per heavy atom. The van der Waals surface area contributed by atoms with Crippen molar-refractivity contribution < 1.29 is 5.11 Å². The number of allylic oxidation sites excluding steroid dienone is 2. The van der Waals surface area contributed by atoms with Crippen molar-refractivity contribution in [2.24, 2.45) is 4.99 Å². The molecule has 0 amide bonds. The smallest absolute Gasteiger partial charge is 0.143 e. The molecule has 0 radical (unpaired) electrons. The summed E-state index contributed by atoms with van der Waals surface area (Å²) in [4.78, 5) is 7.25. The monoisotopic (exact) mass is 472 g/mol. The van der Waals surface area contributed by atoms with Gasteiger partial charge in [0.1, 0.15) is 17.5 Å². The fraction of sp³-hybridized carbons (Fsp3) is 0.464. The third-order valence-electron chi connectivity index (χ3n) is 7.06. The summed E-state index contributed by atoms with van der Waals surface area (Å²) in [6, 6.07) is 7.94. The molecular weight excluding hydrogens is 436 g/mol. The summed E-state index contributed by atoms with van der Waals surface area (Å²) < 4.78 is 0. The van der Waals surface area contributed by atoms with Gasteiger partial charge in [0.2, 0.25) is 0 Å². The maximum absolute atomic E-state index is 10.9. The summed E-state index contributed by atoms with van der Waals surface area (Å²) in [6.45, 7) is 11.3. The Kier molecular flexibility index (Phi) is 6.61. The van der Waals surface area contributed by atoms with E-state index in [1.165, 1.54) is 11.3 Å². The zero-order chi connectivity index (χ0) is 25.4. The summed E-state index contributed by atoms with van der Waals surface area (Å²) in [6.07, 6.45) is 9.53. The third-order valence-corrected chi connectivity index (χ3v) is 7.06. The van der Waals surface area contributed by atoms with E-state index in [-0.39, 0.29) is 16.8 Å². The van der Waals surface area contributed by atoms with Gasteiger partial charge in [-0.25, -0.2) is 0 Å². The normalized spacial score (nSPS) is 19.7. The number of benzene rings is 1. The van der Waals surface area contributed by atoms with Crippen molar-refractivity contribution in [3.05, 3.63) is 59.2 Å². The SMILES string of the molecule is CCC1=CC(c2ccc(-c3cn[nH]c3C#N)cc2O)=NC=C(N(C)C2CC(C)(C)NC(C)(C)C2)C1. The number of rotatable bonds is 5. The number of nitriles is 1. The minimum atomic E-state index is 0.0672. The maximum atomic E-state index is 10.9. The van der Waals surface area contributed by atoms with Crippen LogP contribution in [0.4, 0.5) is 0 Å². The van der Waals surface area contributed by atoms with Crippen LogP contribution in [0.15, 0.2) is 52.9 Å². The van der Waals surface area contributed by atoms with Crippen molar-refractivity contribution in [1.29, 1.82) is 5.26 Å². The molecule has 0 unspecified atom stereocenters. The molecule has 1 fully saturated rings. The predicted molar refractivity (Wildman–Crippen MR) is 140 cm³/mol. The number of aromatic amines is 1. The first-order chi connectivity index (χ1) is 16.5. The number of nitrogens with one attached hydrogen (secondary N) is 2. The molecule has 0 bridgehead atoms. The van der Waals surface area contributed by atoms with Gasteiger partial charge in [0, 0.05) is 53.6 Å². The molecule has 0 aliphatic carbocycles. The highest BCUT2D eigenvalue weighted by Crippen LogP contribution is 2.35. The van der Waals surface area contributed by atoms with Gasteiger partial charge in [-0.3, -0.25) is 10.1 Å². The van der Waals surface area contributed by atoms with Gasteiger partial charge in [-0.2, -0.15) is 10.4 Å². The van der Waals surface area contributed by atoms with Crippen LogP contribution in [0, 0.1) is 11.3 Å². The van der Waals surface area contributed by atoms with E-state index in [1.54, 1.807) is 12.3 Å². The Hall–Kier alpha value is -3.37. The van der Waals surface area contributed by atoms with Gasteiger partial charge in [-0.05, 0) is 70.7 Å². The second kappa shape index (κ2) is 9.35. The second-order valence-corrected chi connectivity index (χ2v) is 11.0. The van der Waals surface area contributed by atoms with E-state index in [0.29, 0.717) is 22.9 Å². The summed E-state index contributed by atoms with van der Waals surface area (Å²) in [5, 5.41) is 30.6. The Morgan fingerprint density at radius 1 is 1.17 bits per heavy atom. The largest absolute Gasteiger partial charge is 0.507 e. The number of piperidine rings is 1. The van der Waals surface area contributed by atoms with Gasteiger partial charge in [-0.15, -0.1) is 0 Å². The van der Waals surface area contributed by atoms with Crippen molar-refractivity contribution >= 4 is 5.71 Å². The fourth-order valence-corrected chi connectivity index (χ4v) is 5.58. The first kappa shape index (κ1) is 24.7. The number of phenolic OH excluding ortho intramolecular Hbond substituents is 1. The molecule has 2 aliphatic heterocycles. The van der Waals surface area contributed by atoms with E-state index in [1.807, 2.05) is 18.3 Å². The van der Waals surface area contributed by atoms with E-state index in [9.17, 15) is 10.4 Å². The zero-order valence-corrected chi connectivity index (χ0v) is 21.6. The standard InChI is InChI=1S/C28H36N6O/c1-7-18-10-20(34(6)21-13-27(2,3)33-28(4,5)14-21)16-30-24(11-18)22-9-8-19(12-26(22)35)23-17-31-32-25(23)15-29/h8-9,11-12,16-17,21,33,35H,7,10,13-14H2,1-6H3,(H,31,32). The molecule has 7 nitrogen and oxygen atoms in total. The Bertz CT molecular complexity index is 1220. The summed E-state index contributed by atoms with van der Waals surface area (Å²) >= 11 is 0. The van der Waals surface area contributed by atoms with E-state index >= 15 is 0 Å². The van der Waals surface area contributed by atoms with E-state index in [4.69, 9.17) is 4.99 Å².